The Morgan fingerprint density at radius 1 is 1.67 bits per heavy atom. The number of rotatable bonds is 4. The van der Waals surface area contributed by atoms with Gasteiger partial charge >= 0.3 is 0 Å². The Morgan fingerprint density at radius 2 is 2.50 bits per heavy atom. The third kappa shape index (κ3) is 2.76. The van der Waals surface area contributed by atoms with E-state index in [2.05, 4.69) is 15.6 Å². The first-order chi connectivity index (χ1) is 8.72. The van der Waals surface area contributed by atoms with Crippen molar-refractivity contribution in [3.8, 4) is 0 Å². The van der Waals surface area contributed by atoms with Crippen LogP contribution in [0.2, 0.25) is 0 Å². The normalized spacial score (nSPS) is 18.7. The number of carbonyl (C=O) groups excluding carboxylic acids is 1. The molecule has 1 aromatic heterocycles. The number of aromatic nitrogens is 1. The smallest absolute Gasteiger partial charge is 0.254 e. The monoisotopic (exact) mass is 253 g/mol. The van der Waals surface area contributed by atoms with Crippen LogP contribution >= 0.6 is 0 Å². The molecule has 98 valence electrons. The molecule has 1 aliphatic heterocycles. The van der Waals surface area contributed by atoms with Gasteiger partial charge in [-0.2, -0.15) is 0 Å². The Bertz CT molecular complexity index is 433. The molecule has 2 heterocycles. The van der Waals surface area contributed by atoms with Gasteiger partial charge in [-0.3, -0.25) is 4.79 Å². The molecule has 1 amide bonds. The molecule has 1 unspecified atom stereocenters. The molecule has 18 heavy (non-hydrogen) atoms. The minimum Gasteiger partial charge on any atom is -0.379 e. The summed E-state index contributed by atoms with van der Waals surface area (Å²) in [5.41, 5.74) is 0.00727. The lowest BCUT2D eigenvalue weighted by molar-refractivity contribution is 0.0926. The highest BCUT2D eigenvalue weighted by atomic mass is 19.1. The summed E-state index contributed by atoms with van der Waals surface area (Å²) < 4.78 is 19.1. The van der Waals surface area contributed by atoms with Crippen LogP contribution in [0.25, 0.3) is 0 Å². The number of anilines is 1. The number of nitrogens with zero attached hydrogens (tertiary/aromatic N) is 1. The van der Waals surface area contributed by atoms with Crippen LogP contribution in [0.15, 0.2) is 12.3 Å². The van der Waals surface area contributed by atoms with Crippen molar-refractivity contribution in [1.82, 2.24) is 10.3 Å². The molecule has 5 nitrogen and oxygen atoms in total. The molecule has 0 radical (unpaired) electrons. The lowest BCUT2D eigenvalue weighted by Crippen LogP contribution is -2.35. The molecule has 1 aliphatic rings. The van der Waals surface area contributed by atoms with Crippen LogP contribution in [0.4, 0.5) is 10.2 Å². The highest BCUT2D eigenvalue weighted by Gasteiger charge is 2.21. The van der Waals surface area contributed by atoms with Crippen LogP contribution in [0.3, 0.4) is 0 Å². The molecule has 6 heteroatoms. The second-order valence-corrected chi connectivity index (χ2v) is 4.09. The maximum absolute atomic E-state index is 14.0. The Hall–Kier alpha value is -1.69. The second kappa shape index (κ2) is 5.77. The molecular formula is C12H16FN3O2. The Morgan fingerprint density at radius 3 is 3.17 bits per heavy atom. The topological polar surface area (TPSA) is 63.2 Å². The van der Waals surface area contributed by atoms with Gasteiger partial charge in [0, 0.05) is 19.3 Å². The molecule has 0 saturated carbocycles. The van der Waals surface area contributed by atoms with Crippen LogP contribution < -0.4 is 10.6 Å². The van der Waals surface area contributed by atoms with Crippen molar-refractivity contribution in [2.75, 3.05) is 25.1 Å². The average molecular weight is 253 g/mol. The quantitative estimate of drug-likeness (QED) is 0.845. The number of pyridine rings is 1. The number of hydrogen-bond acceptors (Lipinski definition) is 4. The van der Waals surface area contributed by atoms with Gasteiger partial charge in [0.15, 0.2) is 11.6 Å². The van der Waals surface area contributed by atoms with E-state index in [0.29, 0.717) is 19.8 Å². The highest BCUT2D eigenvalue weighted by Crippen LogP contribution is 2.15. The fraction of sp³-hybridized carbons (Fsp3) is 0.500. The molecular weight excluding hydrogens is 237 g/mol. The largest absolute Gasteiger partial charge is 0.379 e. The lowest BCUT2D eigenvalue weighted by Gasteiger charge is -2.12. The molecule has 1 fully saturated rings. The fourth-order valence-corrected chi connectivity index (χ4v) is 1.82. The Labute approximate surface area is 105 Å². The predicted molar refractivity (Wildman–Crippen MR) is 65.0 cm³/mol. The van der Waals surface area contributed by atoms with E-state index in [4.69, 9.17) is 4.74 Å². The summed E-state index contributed by atoms with van der Waals surface area (Å²) in [5.74, 6) is -0.937. The van der Waals surface area contributed by atoms with Crippen molar-refractivity contribution >= 4 is 11.7 Å². The van der Waals surface area contributed by atoms with Crippen molar-refractivity contribution in [1.29, 1.82) is 0 Å². The molecule has 0 bridgehead atoms. The van der Waals surface area contributed by atoms with Crippen LogP contribution in [0, 0.1) is 5.82 Å². The van der Waals surface area contributed by atoms with Gasteiger partial charge in [0.2, 0.25) is 0 Å². The minimum absolute atomic E-state index is 0.00727. The average Bonchev–Trinajstić information content (AvgIpc) is 2.85. The molecule has 1 saturated heterocycles. The van der Waals surface area contributed by atoms with Crippen molar-refractivity contribution in [2.24, 2.45) is 0 Å². The van der Waals surface area contributed by atoms with E-state index in [0.717, 1.165) is 6.42 Å². The van der Waals surface area contributed by atoms with Gasteiger partial charge in [0.25, 0.3) is 5.91 Å². The van der Waals surface area contributed by atoms with Gasteiger partial charge in [0.1, 0.15) is 0 Å². The molecule has 1 atom stereocenters. The number of ether oxygens (including phenoxy) is 1. The first-order valence-corrected chi connectivity index (χ1v) is 5.99. The molecule has 0 spiro atoms. The van der Waals surface area contributed by atoms with E-state index < -0.39 is 11.7 Å². The molecule has 1 aromatic rings. The Balaban J connectivity index is 2.11. The maximum Gasteiger partial charge on any atom is 0.254 e. The van der Waals surface area contributed by atoms with Crippen molar-refractivity contribution in [3.63, 3.8) is 0 Å². The zero-order chi connectivity index (χ0) is 13.0. The molecule has 2 rings (SSSR count). The van der Waals surface area contributed by atoms with Gasteiger partial charge in [-0.15, -0.1) is 0 Å². The van der Waals surface area contributed by atoms with E-state index in [1.54, 1.807) is 0 Å². The van der Waals surface area contributed by atoms with Crippen LogP contribution in [0.5, 0.6) is 0 Å². The summed E-state index contributed by atoms with van der Waals surface area (Å²) in [7, 11) is 0. The first-order valence-electron chi connectivity index (χ1n) is 5.99. The van der Waals surface area contributed by atoms with Gasteiger partial charge < -0.3 is 15.4 Å². The van der Waals surface area contributed by atoms with Crippen molar-refractivity contribution in [3.05, 3.63) is 23.6 Å². The van der Waals surface area contributed by atoms with Crippen LogP contribution in [-0.4, -0.2) is 36.7 Å². The summed E-state index contributed by atoms with van der Waals surface area (Å²) in [5, 5.41) is 5.52. The third-order valence-corrected chi connectivity index (χ3v) is 2.74. The van der Waals surface area contributed by atoms with E-state index in [1.807, 2.05) is 6.92 Å². The first kappa shape index (κ1) is 12.8. The van der Waals surface area contributed by atoms with E-state index in [9.17, 15) is 9.18 Å². The van der Waals surface area contributed by atoms with Gasteiger partial charge in [-0.05, 0) is 19.4 Å². The van der Waals surface area contributed by atoms with E-state index >= 15 is 0 Å². The number of amides is 1. The lowest BCUT2D eigenvalue weighted by atomic mass is 10.2. The van der Waals surface area contributed by atoms with Gasteiger partial charge in [-0.1, -0.05) is 0 Å². The maximum atomic E-state index is 14.0. The zero-order valence-electron chi connectivity index (χ0n) is 10.2. The number of carbonyl (C=O) groups is 1. The third-order valence-electron chi connectivity index (χ3n) is 2.74. The molecule has 0 aromatic carbocycles. The standard InChI is InChI=1S/C12H16FN3O2/c1-2-14-11-10(13)9(3-5-15-11)12(17)16-8-4-6-18-7-8/h3,5,8H,2,4,6-7H2,1H3,(H,14,15)(H,16,17). The van der Waals surface area contributed by atoms with Crippen LogP contribution in [0.1, 0.15) is 23.7 Å². The summed E-state index contributed by atoms with van der Waals surface area (Å²) in [4.78, 5) is 15.8. The number of halogens is 1. The van der Waals surface area contributed by atoms with Crippen molar-refractivity contribution < 1.29 is 13.9 Å². The number of hydrogen-bond donors (Lipinski definition) is 2. The minimum atomic E-state index is -0.615. The predicted octanol–water partition coefficient (Wildman–Crippen LogP) is 1.17. The van der Waals surface area contributed by atoms with Gasteiger partial charge in [0.05, 0.1) is 18.2 Å². The second-order valence-electron chi connectivity index (χ2n) is 4.09. The summed E-state index contributed by atoms with van der Waals surface area (Å²) >= 11 is 0. The highest BCUT2D eigenvalue weighted by molar-refractivity contribution is 5.95. The Kier molecular flexibility index (Phi) is 4.09. The zero-order valence-corrected chi connectivity index (χ0v) is 10.2. The number of nitrogens with one attached hydrogen (secondary N) is 2. The fourth-order valence-electron chi connectivity index (χ4n) is 1.82. The van der Waals surface area contributed by atoms with Crippen LogP contribution in [-0.2, 0) is 4.74 Å². The molecule has 2 N–H and O–H groups in total. The summed E-state index contributed by atoms with van der Waals surface area (Å²) in [6.45, 7) is 3.50. The summed E-state index contributed by atoms with van der Waals surface area (Å²) in [6.07, 6.45) is 2.18. The van der Waals surface area contributed by atoms with Gasteiger partial charge in [-0.25, -0.2) is 9.37 Å². The SMILES string of the molecule is CCNc1nccc(C(=O)NC2CCOC2)c1F. The molecule has 0 aliphatic carbocycles. The van der Waals surface area contributed by atoms with E-state index in [1.165, 1.54) is 12.3 Å². The summed E-state index contributed by atoms with van der Waals surface area (Å²) in [6, 6.07) is 1.34. The van der Waals surface area contributed by atoms with Crippen molar-refractivity contribution in [2.45, 2.75) is 19.4 Å². The van der Waals surface area contributed by atoms with E-state index in [-0.39, 0.29) is 17.4 Å².